The average Bonchev–Trinajstić information content (AvgIpc) is 2.76. The Hall–Kier alpha value is -0.0800. The molecule has 0 radical (unpaired) electrons. The maximum atomic E-state index is 5.82. The highest BCUT2D eigenvalue weighted by molar-refractivity contribution is 4.86. The van der Waals surface area contributed by atoms with E-state index in [-0.39, 0.29) is 0 Å². The number of hydrogen-bond donors (Lipinski definition) is 1. The Morgan fingerprint density at radius 2 is 2.06 bits per heavy atom. The molecule has 1 aliphatic rings. The molecular formula is C14H29NO. The lowest BCUT2D eigenvalue weighted by atomic mass is 9.85. The summed E-state index contributed by atoms with van der Waals surface area (Å²) in [6.07, 6.45) is 5.48. The van der Waals surface area contributed by atoms with Crippen LogP contribution in [0.1, 0.15) is 53.4 Å². The first-order chi connectivity index (χ1) is 7.72. The molecule has 0 aliphatic carbocycles. The van der Waals surface area contributed by atoms with Gasteiger partial charge < -0.3 is 10.1 Å². The van der Waals surface area contributed by atoms with E-state index in [1.165, 1.54) is 19.3 Å². The Morgan fingerprint density at radius 1 is 1.31 bits per heavy atom. The van der Waals surface area contributed by atoms with Gasteiger partial charge in [-0.2, -0.15) is 0 Å². The molecule has 96 valence electrons. The fourth-order valence-electron chi connectivity index (χ4n) is 2.82. The summed E-state index contributed by atoms with van der Waals surface area (Å²) in [6.45, 7) is 11.1. The minimum Gasteiger partial charge on any atom is -0.378 e. The molecule has 1 fully saturated rings. The topological polar surface area (TPSA) is 21.3 Å². The summed E-state index contributed by atoms with van der Waals surface area (Å²) in [5, 5.41) is 3.67. The zero-order valence-corrected chi connectivity index (χ0v) is 11.5. The minimum absolute atomic E-state index is 0.494. The van der Waals surface area contributed by atoms with Crippen molar-refractivity contribution in [1.29, 1.82) is 0 Å². The molecule has 4 unspecified atom stereocenters. The van der Waals surface area contributed by atoms with Crippen LogP contribution in [0.5, 0.6) is 0 Å². The highest BCUT2D eigenvalue weighted by Crippen LogP contribution is 2.29. The van der Waals surface area contributed by atoms with E-state index in [0.717, 1.165) is 31.4 Å². The van der Waals surface area contributed by atoms with Crippen LogP contribution in [0.3, 0.4) is 0 Å². The molecule has 0 bridgehead atoms. The first-order valence-corrected chi connectivity index (χ1v) is 7.07. The second-order valence-electron chi connectivity index (χ2n) is 5.18. The van der Waals surface area contributed by atoms with Crippen LogP contribution >= 0.6 is 0 Å². The Morgan fingerprint density at radius 3 is 2.62 bits per heavy atom. The summed E-state index contributed by atoms with van der Waals surface area (Å²) in [5.74, 6) is 1.56. The molecule has 1 heterocycles. The van der Waals surface area contributed by atoms with Gasteiger partial charge in [0.2, 0.25) is 0 Å². The third kappa shape index (κ3) is 3.74. The second-order valence-corrected chi connectivity index (χ2v) is 5.18. The normalized spacial score (nSPS) is 29.2. The molecule has 4 atom stereocenters. The lowest BCUT2D eigenvalue weighted by Gasteiger charge is -2.29. The van der Waals surface area contributed by atoms with Crippen LogP contribution in [0.15, 0.2) is 0 Å². The van der Waals surface area contributed by atoms with E-state index in [1.807, 2.05) is 0 Å². The van der Waals surface area contributed by atoms with Crippen molar-refractivity contribution in [2.45, 2.75) is 65.5 Å². The Labute approximate surface area is 101 Å². The molecular weight excluding hydrogens is 198 g/mol. The summed E-state index contributed by atoms with van der Waals surface area (Å²) in [4.78, 5) is 0. The van der Waals surface area contributed by atoms with Crippen molar-refractivity contribution in [2.75, 3.05) is 13.2 Å². The molecule has 2 heteroatoms. The van der Waals surface area contributed by atoms with Crippen molar-refractivity contribution < 1.29 is 4.74 Å². The summed E-state index contributed by atoms with van der Waals surface area (Å²) in [7, 11) is 0. The number of ether oxygens (including phenoxy) is 1. The Balaban J connectivity index is 2.53. The van der Waals surface area contributed by atoms with Gasteiger partial charge in [-0.1, -0.05) is 34.1 Å². The second kappa shape index (κ2) is 7.29. The van der Waals surface area contributed by atoms with E-state index in [2.05, 4.69) is 33.0 Å². The fraction of sp³-hybridized carbons (Fsp3) is 1.00. The van der Waals surface area contributed by atoms with Crippen LogP contribution in [0, 0.1) is 11.8 Å². The SMILES string of the molecule is CCNC(CC(C)CC)C1CCOC1CC. The molecule has 1 rings (SSSR count). The third-order valence-corrected chi connectivity index (χ3v) is 4.00. The van der Waals surface area contributed by atoms with Gasteiger partial charge in [-0.3, -0.25) is 0 Å². The van der Waals surface area contributed by atoms with E-state index < -0.39 is 0 Å². The predicted octanol–water partition coefficient (Wildman–Crippen LogP) is 3.22. The lowest BCUT2D eigenvalue weighted by molar-refractivity contribution is 0.0747. The van der Waals surface area contributed by atoms with Gasteiger partial charge in [0.05, 0.1) is 6.10 Å². The molecule has 0 amide bonds. The summed E-state index contributed by atoms with van der Waals surface area (Å²) >= 11 is 0. The minimum atomic E-state index is 0.494. The quantitative estimate of drug-likeness (QED) is 0.721. The van der Waals surface area contributed by atoms with Gasteiger partial charge in [-0.05, 0) is 31.7 Å². The van der Waals surface area contributed by atoms with Crippen LogP contribution < -0.4 is 5.32 Å². The highest BCUT2D eigenvalue weighted by atomic mass is 16.5. The fourth-order valence-corrected chi connectivity index (χ4v) is 2.82. The monoisotopic (exact) mass is 227 g/mol. The molecule has 0 saturated carbocycles. The molecule has 0 aromatic rings. The molecule has 2 nitrogen and oxygen atoms in total. The van der Waals surface area contributed by atoms with Crippen molar-refractivity contribution in [2.24, 2.45) is 11.8 Å². The predicted molar refractivity (Wildman–Crippen MR) is 69.7 cm³/mol. The van der Waals surface area contributed by atoms with Gasteiger partial charge in [-0.15, -0.1) is 0 Å². The van der Waals surface area contributed by atoms with Crippen LogP contribution in [0.25, 0.3) is 0 Å². The summed E-state index contributed by atoms with van der Waals surface area (Å²) in [6, 6.07) is 0.660. The number of hydrogen-bond acceptors (Lipinski definition) is 2. The van der Waals surface area contributed by atoms with E-state index in [0.29, 0.717) is 12.1 Å². The zero-order chi connectivity index (χ0) is 12.0. The zero-order valence-electron chi connectivity index (χ0n) is 11.5. The highest BCUT2D eigenvalue weighted by Gasteiger charge is 2.33. The first-order valence-electron chi connectivity index (χ1n) is 7.07. The smallest absolute Gasteiger partial charge is 0.0616 e. The molecule has 0 aromatic carbocycles. The van der Waals surface area contributed by atoms with Gasteiger partial charge in [0.15, 0.2) is 0 Å². The average molecular weight is 227 g/mol. The number of rotatable bonds is 7. The van der Waals surface area contributed by atoms with Crippen LogP contribution in [-0.2, 0) is 4.74 Å². The van der Waals surface area contributed by atoms with Gasteiger partial charge in [-0.25, -0.2) is 0 Å². The van der Waals surface area contributed by atoms with Crippen molar-refractivity contribution in [3.05, 3.63) is 0 Å². The molecule has 1 aliphatic heterocycles. The van der Waals surface area contributed by atoms with E-state index in [1.54, 1.807) is 0 Å². The van der Waals surface area contributed by atoms with E-state index >= 15 is 0 Å². The van der Waals surface area contributed by atoms with E-state index in [9.17, 15) is 0 Å². The van der Waals surface area contributed by atoms with E-state index in [4.69, 9.17) is 4.74 Å². The van der Waals surface area contributed by atoms with Crippen LogP contribution in [-0.4, -0.2) is 25.3 Å². The summed E-state index contributed by atoms with van der Waals surface area (Å²) < 4.78 is 5.82. The Bertz CT molecular complexity index is 184. The third-order valence-electron chi connectivity index (χ3n) is 4.00. The molecule has 0 spiro atoms. The first kappa shape index (κ1) is 14.0. The Kier molecular flexibility index (Phi) is 6.37. The van der Waals surface area contributed by atoms with Gasteiger partial charge in [0.25, 0.3) is 0 Å². The molecule has 1 saturated heterocycles. The number of nitrogens with one attached hydrogen (secondary N) is 1. The van der Waals surface area contributed by atoms with Crippen molar-refractivity contribution in [3.63, 3.8) is 0 Å². The van der Waals surface area contributed by atoms with Crippen LogP contribution in [0.2, 0.25) is 0 Å². The van der Waals surface area contributed by atoms with Crippen LogP contribution in [0.4, 0.5) is 0 Å². The van der Waals surface area contributed by atoms with Gasteiger partial charge in [0, 0.05) is 18.6 Å². The maximum absolute atomic E-state index is 5.82. The lowest BCUT2D eigenvalue weighted by Crippen LogP contribution is -2.40. The maximum Gasteiger partial charge on any atom is 0.0616 e. The summed E-state index contributed by atoms with van der Waals surface area (Å²) in [5.41, 5.74) is 0. The van der Waals surface area contributed by atoms with Gasteiger partial charge in [0.1, 0.15) is 0 Å². The van der Waals surface area contributed by atoms with Crippen molar-refractivity contribution in [1.82, 2.24) is 5.32 Å². The molecule has 16 heavy (non-hydrogen) atoms. The molecule has 0 aromatic heterocycles. The standard InChI is InChI=1S/C14H29NO/c1-5-11(4)10-13(15-7-3)12-8-9-16-14(12)6-2/h11-15H,5-10H2,1-4H3. The van der Waals surface area contributed by atoms with Crippen molar-refractivity contribution in [3.8, 4) is 0 Å². The largest absolute Gasteiger partial charge is 0.378 e. The molecule has 1 N–H and O–H groups in total. The van der Waals surface area contributed by atoms with Crippen molar-refractivity contribution >= 4 is 0 Å². The van der Waals surface area contributed by atoms with Gasteiger partial charge >= 0.3 is 0 Å².